The summed E-state index contributed by atoms with van der Waals surface area (Å²) in [6.45, 7) is 5.98. The van der Waals surface area contributed by atoms with E-state index >= 15 is 0 Å². The monoisotopic (exact) mass is 350 g/mol. The summed E-state index contributed by atoms with van der Waals surface area (Å²) < 4.78 is 13.8. The van der Waals surface area contributed by atoms with Crippen molar-refractivity contribution in [3.05, 3.63) is 46.7 Å². The molecule has 1 amide bonds. The molecule has 2 rings (SSSR count). The van der Waals surface area contributed by atoms with Gasteiger partial charge in [-0.1, -0.05) is 31.5 Å². The molecule has 1 aromatic heterocycles. The van der Waals surface area contributed by atoms with E-state index in [4.69, 9.17) is 11.6 Å². The average molecular weight is 351 g/mol. The summed E-state index contributed by atoms with van der Waals surface area (Å²) in [6.07, 6.45) is 2.01. The Morgan fingerprint density at radius 2 is 1.88 bits per heavy atom. The van der Waals surface area contributed by atoms with E-state index in [9.17, 15) is 9.18 Å². The lowest BCUT2D eigenvalue weighted by molar-refractivity contribution is 0.102. The maximum atomic E-state index is 13.8. The van der Waals surface area contributed by atoms with Crippen molar-refractivity contribution in [1.82, 2.24) is 10.2 Å². The van der Waals surface area contributed by atoms with Crippen LogP contribution in [0.15, 0.2) is 30.3 Å². The van der Waals surface area contributed by atoms with Gasteiger partial charge in [-0.3, -0.25) is 4.79 Å². The quantitative estimate of drug-likeness (QED) is 0.815. The van der Waals surface area contributed by atoms with Crippen molar-refractivity contribution in [2.75, 3.05) is 23.3 Å². The Labute approximate surface area is 145 Å². The van der Waals surface area contributed by atoms with Crippen molar-refractivity contribution in [1.29, 1.82) is 0 Å². The summed E-state index contributed by atoms with van der Waals surface area (Å²) >= 11 is 5.88. The fourth-order valence-electron chi connectivity index (χ4n) is 2.33. The van der Waals surface area contributed by atoms with Crippen LogP contribution in [0.5, 0.6) is 0 Å². The van der Waals surface area contributed by atoms with Gasteiger partial charge in [-0.25, -0.2) is 4.39 Å². The molecule has 0 unspecified atom stereocenters. The van der Waals surface area contributed by atoms with Gasteiger partial charge in [-0.2, -0.15) is 0 Å². The topological polar surface area (TPSA) is 58.1 Å². The summed E-state index contributed by atoms with van der Waals surface area (Å²) in [5.74, 6) is -0.336. The molecular formula is C17H20ClFN4O. The molecule has 0 radical (unpaired) electrons. The second kappa shape index (κ2) is 8.59. The van der Waals surface area contributed by atoms with Crippen LogP contribution in [0, 0.1) is 5.82 Å². The third-order valence-electron chi connectivity index (χ3n) is 3.39. The molecule has 5 nitrogen and oxygen atoms in total. The Balaban J connectivity index is 2.12. The first-order valence-corrected chi connectivity index (χ1v) is 8.28. The molecule has 0 saturated heterocycles. The molecule has 24 heavy (non-hydrogen) atoms. The summed E-state index contributed by atoms with van der Waals surface area (Å²) in [7, 11) is 0. The number of hydrogen-bond donors (Lipinski definition) is 1. The molecule has 1 N–H and O–H groups in total. The first-order valence-electron chi connectivity index (χ1n) is 7.90. The smallest absolute Gasteiger partial charge is 0.261 e. The predicted octanol–water partition coefficient (Wildman–Crippen LogP) is 4.15. The molecule has 0 bridgehead atoms. The Hall–Kier alpha value is -2.21. The highest BCUT2D eigenvalue weighted by Crippen LogP contribution is 2.20. The Morgan fingerprint density at radius 1 is 1.17 bits per heavy atom. The van der Waals surface area contributed by atoms with Crippen LogP contribution in [0.25, 0.3) is 0 Å². The molecule has 0 aliphatic rings. The van der Waals surface area contributed by atoms with Crippen molar-refractivity contribution in [2.45, 2.75) is 26.7 Å². The molecule has 1 heterocycles. The lowest BCUT2D eigenvalue weighted by atomic mass is 10.2. The number of carbonyl (C=O) groups excluding carboxylic acids is 1. The van der Waals surface area contributed by atoms with Gasteiger partial charge in [0, 0.05) is 13.1 Å². The molecule has 0 aliphatic heterocycles. The van der Waals surface area contributed by atoms with E-state index in [1.165, 1.54) is 18.2 Å². The molecule has 0 atom stereocenters. The lowest BCUT2D eigenvalue weighted by Crippen LogP contribution is -2.26. The highest BCUT2D eigenvalue weighted by molar-refractivity contribution is 6.34. The minimum absolute atomic E-state index is 0.0501. The van der Waals surface area contributed by atoms with Crippen LogP contribution in [0.2, 0.25) is 5.02 Å². The summed E-state index contributed by atoms with van der Waals surface area (Å²) in [4.78, 5) is 14.3. The zero-order valence-corrected chi connectivity index (χ0v) is 14.5. The van der Waals surface area contributed by atoms with E-state index in [2.05, 4.69) is 34.3 Å². The van der Waals surface area contributed by atoms with Crippen molar-refractivity contribution in [3.63, 3.8) is 0 Å². The summed E-state index contributed by atoms with van der Waals surface area (Å²) in [6, 6.07) is 7.52. The summed E-state index contributed by atoms with van der Waals surface area (Å²) in [5.41, 5.74) is -0.205. The second-order valence-corrected chi connectivity index (χ2v) is 5.72. The van der Waals surface area contributed by atoms with Gasteiger partial charge in [0.15, 0.2) is 11.6 Å². The van der Waals surface area contributed by atoms with Crippen LogP contribution in [-0.2, 0) is 0 Å². The van der Waals surface area contributed by atoms with Crippen LogP contribution < -0.4 is 10.2 Å². The number of carbonyl (C=O) groups is 1. The van der Waals surface area contributed by atoms with E-state index in [0.29, 0.717) is 0 Å². The van der Waals surface area contributed by atoms with Crippen LogP contribution in [-0.4, -0.2) is 29.2 Å². The fourth-order valence-corrected chi connectivity index (χ4v) is 2.58. The van der Waals surface area contributed by atoms with E-state index < -0.39 is 11.7 Å². The van der Waals surface area contributed by atoms with Gasteiger partial charge < -0.3 is 10.2 Å². The summed E-state index contributed by atoms with van der Waals surface area (Å²) in [5, 5.41) is 10.7. The van der Waals surface area contributed by atoms with Crippen LogP contribution in [0.4, 0.5) is 16.0 Å². The molecule has 0 saturated carbocycles. The van der Waals surface area contributed by atoms with Crippen molar-refractivity contribution in [3.8, 4) is 0 Å². The van der Waals surface area contributed by atoms with Gasteiger partial charge >= 0.3 is 0 Å². The molecule has 0 spiro atoms. The highest BCUT2D eigenvalue weighted by atomic mass is 35.5. The zero-order chi connectivity index (χ0) is 17.5. The van der Waals surface area contributed by atoms with Gasteiger partial charge in [0.2, 0.25) is 0 Å². The molecule has 0 fully saturated rings. The normalized spacial score (nSPS) is 10.5. The molecule has 1 aromatic carbocycles. The fraction of sp³-hybridized carbons (Fsp3) is 0.353. The number of aromatic nitrogens is 2. The van der Waals surface area contributed by atoms with Gasteiger partial charge in [0.05, 0.1) is 10.6 Å². The highest BCUT2D eigenvalue weighted by Gasteiger charge is 2.16. The standard InChI is InChI=1S/C17H20ClFN4O/c1-3-10-23(11-4-2)15-9-8-14(21-22-15)20-17(24)16-12(18)6-5-7-13(16)19/h5-9H,3-4,10-11H2,1-2H3,(H,20,21,24). The molecular weight excluding hydrogens is 331 g/mol. The second-order valence-electron chi connectivity index (χ2n) is 5.31. The van der Waals surface area contributed by atoms with Crippen LogP contribution >= 0.6 is 11.6 Å². The Kier molecular flexibility index (Phi) is 6.49. The van der Waals surface area contributed by atoms with Crippen molar-refractivity contribution >= 4 is 29.1 Å². The zero-order valence-electron chi connectivity index (χ0n) is 13.7. The van der Waals surface area contributed by atoms with Crippen molar-refractivity contribution < 1.29 is 9.18 Å². The minimum Gasteiger partial charge on any atom is -0.355 e. The molecule has 0 aliphatic carbocycles. The van der Waals surface area contributed by atoms with E-state index in [1.807, 2.05) is 0 Å². The first kappa shape index (κ1) is 18.1. The first-order chi connectivity index (χ1) is 11.6. The van der Waals surface area contributed by atoms with Crippen LogP contribution in [0.1, 0.15) is 37.0 Å². The van der Waals surface area contributed by atoms with E-state index in [1.54, 1.807) is 12.1 Å². The number of amides is 1. The van der Waals surface area contributed by atoms with E-state index in [0.717, 1.165) is 31.7 Å². The number of rotatable bonds is 7. The lowest BCUT2D eigenvalue weighted by Gasteiger charge is -2.21. The Bertz CT molecular complexity index is 667. The van der Waals surface area contributed by atoms with E-state index in [-0.39, 0.29) is 16.4 Å². The predicted molar refractivity (Wildman–Crippen MR) is 94.2 cm³/mol. The van der Waals surface area contributed by atoms with Crippen molar-refractivity contribution in [2.24, 2.45) is 0 Å². The number of nitrogens with one attached hydrogen (secondary N) is 1. The maximum absolute atomic E-state index is 13.8. The van der Waals surface area contributed by atoms with Crippen LogP contribution in [0.3, 0.4) is 0 Å². The SMILES string of the molecule is CCCN(CCC)c1ccc(NC(=O)c2c(F)cccc2Cl)nn1. The third kappa shape index (κ3) is 4.41. The number of anilines is 2. The van der Waals surface area contributed by atoms with Gasteiger partial charge in [0.1, 0.15) is 5.82 Å². The minimum atomic E-state index is -0.679. The largest absolute Gasteiger partial charge is 0.355 e. The van der Waals surface area contributed by atoms with Gasteiger partial charge in [-0.05, 0) is 37.1 Å². The number of benzene rings is 1. The molecule has 7 heteroatoms. The number of nitrogens with zero attached hydrogens (tertiary/aromatic N) is 3. The average Bonchev–Trinajstić information content (AvgIpc) is 2.55. The van der Waals surface area contributed by atoms with Gasteiger partial charge in [-0.15, -0.1) is 10.2 Å². The Morgan fingerprint density at radius 3 is 2.42 bits per heavy atom. The molecule has 128 valence electrons. The number of hydrogen-bond acceptors (Lipinski definition) is 4. The molecule has 2 aromatic rings. The van der Waals surface area contributed by atoms with Gasteiger partial charge in [0.25, 0.3) is 5.91 Å². The third-order valence-corrected chi connectivity index (χ3v) is 3.71. The number of halogens is 2. The maximum Gasteiger partial charge on any atom is 0.261 e.